The molecule has 4 rings (SSSR count). The first-order valence-corrected chi connectivity index (χ1v) is 12.2. The number of amidine groups is 2. The van der Waals surface area contributed by atoms with Gasteiger partial charge in [0, 0.05) is 6.07 Å². The van der Waals surface area contributed by atoms with E-state index in [-0.39, 0.29) is 17.2 Å². The molecule has 1 N–H and O–H groups in total. The first kappa shape index (κ1) is 23.3. The molecule has 2 aromatic rings. The average molecular weight is 500 g/mol. The number of para-hydroxylation sites is 1. The number of benzene rings is 2. The molecular formula is C21H17N5O6S2. The van der Waals surface area contributed by atoms with Crippen LogP contribution in [-0.4, -0.2) is 40.3 Å². The number of thioether (sulfide) groups is 1. The Kier molecular flexibility index (Phi) is 6.30. The van der Waals surface area contributed by atoms with Gasteiger partial charge >= 0.3 is 10.1 Å². The molecule has 2 aliphatic heterocycles. The van der Waals surface area contributed by atoms with E-state index in [9.17, 15) is 23.3 Å². The summed E-state index contributed by atoms with van der Waals surface area (Å²) in [4.78, 5) is 26.3. The van der Waals surface area contributed by atoms with Gasteiger partial charge in [0.15, 0.2) is 10.7 Å². The van der Waals surface area contributed by atoms with Gasteiger partial charge in [-0.3, -0.25) is 20.3 Å². The lowest BCUT2D eigenvalue weighted by molar-refractivity contribution is -0.387. The molecule has 1 amide bonds. The van der Waals surface area contributed by atoms with E-state index in [1.165, 1.54) is 59.2 Å². The summed E-state index contributed by atoms with van der Waals surface area (Å²) in [6, 6.07) is 10.5. The molecule has 0 radical (unpaired) electrons. The van der Waals surface area contributed by atoms with Crippen LogP contribution in [0.4, 0.5) is 5.69 Å². The van der Waals surface area contributed by atoms with Crippen LogP contribution in [0.5, 0.6) is 5.75 Å². The van der Waals surface area contributed by atoms with Crippen LogP contribution >= 0.6 is 11.8 Å². The number of nitrogens with one attached hydrogen (secondary N) is 1. The number of nitro benzene ring substituents is 1. The summed E-state index contributed by atoms with van der Waals surface area (Å²) in [5.41, 5.74) is -0.0678. The zero-order valence-electron chi connectivity index (χ0n) is 17.7. The maximum absolute atomic E-state index is 12.5. The summed E-state index contributed by atoms with van der Waals surface area (Å²) in [6.45, 7) is 2.00. The Labute approximate surface area is 198 Å². The molecule has 34 heavy (non-hydrogen) atoms. The largest absolute Gasteiger partial charge is 0.379 e. The highest BCUT2D eigenvalue weighted by Gasteiger charge is 2.35. The first-order chi connectivity index (χ1) is 16.2. The van der Waals surface area contributed by atoms with Crippen molar-refractivity contribution in [3.05, 3.63) is 69.8 Å². The fourth-order valence-electron chi connectivity index (χ4n) is 3.12. The van der Waals surface area contributed by atoms with Gasteiger partial charge in [-0.25, -0.2) is 0 Å². The maximum Gasteiger partial charge on any atom is 0.346 e. The van der Waals surface area contributed by atoms with Gasteiger partial charge in [-0.05, 0) is 54.4 Å². The molecular weight excluding hydrogens is 482 g/mol. The van der Waals surface area contributed by atoms with Crippen molar-refractivity contribution in [1.82, 2.24) is 5.01 Å². The number of nitrogens with zero attached hydrogens (tertiary/aromatic N) is 4. The summed E-state index contributed by atoms with van der Waals surface area (Å²) in [5.74, 6) is -0.751. The summed E-state index contributed by atoms with van der Waals surface area (Å²) < 4.78 is 30.1. The number of rotatable bonds is 7. The molecule has 2 aromatic carbocycles. The van der Waals surface area contributed by atoms with Crippen LogP contribution in [0.1, 0.15) is 25.3 Å². The molecule has 0 aliphatic carbocycles. The number of fused-ring (bicyclic) bond motifs is 1. The number of hydrazone groups is 1. The van der Waals surface area contributed by atoms with Crippen molar-refractivity contribution in [2.45, 2.75) is 24.7 Å². The fourth-order valence-corrected chi connectivity index (χ4v) is 5.21. The van der Waals surface area contributed by atoms with Crippen molar-refractivity contribution in [2.75, 3.05) is 0 Å². The molecule has 0 atom stereocenters. The van der Waals surface area contributed by atoms with E-state index < -0.39 is 31.5 Å². The number of hydrogen-bond donors (Lipinski definition) is 1. The SMILES string of the molecule is CCCC1=NN2C(=N)C(=Cc3ccc(OS(=O)(=O)c4ccccc4[N+](=O)[O-])cc3)C(=O)N=C2S1. The highest BCUT2D eigenvalue weighted by molar-refractivity contribution is 8.26. The molecule has 11 nitrogen and oxygen atoms in total. The second kappa shape index (κ2) is 9.19. The van der Waals surface area contributed by atoms with Crippen molar-refractivity contribution < 1.29 is 22.3 Å². The second-order valence-corrected chi connectivity index (χ2v) is 9.65. The van der Waals surface area contributed by atoms with Crippen molar-refractivity contribution in [2.24, 2.45) is 10.1 Å². The molecule has 174 valence electrons. The third-order valence-electron chi connectivity index (χ3n) is 4.69. The van der Waals surface area contributed by atoms with Crippen LogP contribution in [0.3, 0.4) is 0 Å². The molecule has 2 aliphatic rings. The van der Waals surface area contributed by atoms with E-state index in [0.717, 1.165) is 30.0 Å². The lowest BCUT2D eigenvalue weighted by atomic mass is 10.1. The number of amides is 1. The highest BCUT2D eigenvalue weighted by Crippen LogP contribution is 2.30. The topological polar surface area (TPSA) is 155 Å². The summed E-state index contributed by atoms with van der Waals surface area (Å²) in [7, 11) is -4.45. The smallest absolute Gasteiger partial charge is 0.346 e. The Morgan fingerprint density at radius 3 is 2.59 bits per heavy atom. The van der Waals surface area contributed by atoms with Gasteiger partial charge in [-0.15, -0.1) is 0 Å². The molecule has 0 saturated heterocycles. The third kappa shape index (κ3) is 4.61. The van der Waals surface area contributed by atoms with Crippen molar-refractivity contribution in [3.63, 3.8) is 0 Å². The minimum Gasteiger partial charge on any atom is -0.379 e. The minimum absolute atomic E-state index is 0.0343. The number of aliphatic imine (C=N–C) groups is 1. The Bertz CT molecular complexity index is 1400. The van der Waals surface area contributed by atoms with E-state index in [0.29, 0.717) is 10.7 Å². The van der Waals surface area contributed by atoms with Crippen LogP contribution in [0.15, 0.2) is 69.1 Å². The number of nitro groups is 1. The first-order valence-electron chi connectivity index (χ1n) is 9.96. The van der Waals surface area contributed by atoms with E-state index in [4.69, 9.17) is 9.59 Å². The minimum atomic E-state index is -4.45. The summed E-state index contributed by atoms with van der Waals surface area (Å²) >= 11 is 1.26. The van der Waals surface area contributed by atoms with E-state index in [2.05, 4.69) is 10.1 Å². The Morgan fingerprint density at radius 1 is 1.21 bits per heavy atom. The van der Waals surface area contributed by atoms with Gasteiger partial charge < -0.3 is 4.18 Å². The Balaban J connectivity index is 1.55. The Hall–Kier alpha value is -3.84. The van der Waals surface area contributed by atoms with Crippen LogP contribution < -0.4 is 4.18 Å². The summed E-state index contributed by atoms with van der Waals surface area (Å²) in [5, 5.41) is 26.3. The molecule has 13 heteroatoms. The van der Waals surface area contributed by atoms with Gasteiger partial charge in [-0.2, -0.15) is 23.5 Å². The van der Waals surface area contributed by atoms with Crippen LogP contribution in [0, 0.1) is 15.5 Å². The van der Waals surface area contributed by atoms with Gasteiger partial charge in [-0.1, -0.05) is 31.2 Å². The number of hydrogen-bond acceptors (Lipinski definition) is 9. The second-order valence-electron chi connectivity index (χ2n) is 7.10. The van der Waals surface area contributed by atoms with Crippen molar-refractivity contribution in [3.8, 4) is 5.75 Å². The van der Waals surface area contributed by atoms with Crippen LogP contribution in [0.25, 0.3) is 6.08 Å². The Morgan fingerprint density at radius 2 is 1.91 bits per heavy atom. The van der Waals surface area contributed by atoms with Crippen LogP contribution in [0.2, 0.25) is 0 Å². The molecule has 0 spiro atoms. The zero-order chi connectivity index (χ0) is 24.5. The molecule has 0 bridgehead atoms. The quantitative estimate of drug-likeness (QED) is 0.261. The summed E-state index contributed by atoms with van der Waals surface area (Å²) in [6.07, 6.45) is 3.04. The maximum atomic E-state index is 12.5. The third-order valence-corrected chi connectivity index (χ3v) is 6.95. The van der Waals surface area contributed by atoms with E-state index >= 15 is 0 Å². The lowest BCUT2D eigenvalue weighted by Crippen LogP contribution is -2.35. The van der Waals surface area contributed by atoms with Gasteiger partial charge in [0.2, 0.25) is 5.17 Å². The molecule has 0 fully saturated rings. The standard InChI is InChI=1S/C21H17N5O6S2/c1-2-5-18-24-25-19(22)15(20(27)23-21(25)33-18)12-13-8-10-14(11-9-13)32-34(30,31)17-7-4-3-6-16(17)26(28)29/h3-4,6-12,22H,2,5H2,1H3. The molecule has 2 heterocycles. The van der Waals surface area contributed by atoms with Gasteiger partial charge in [0.05, 0.1) is 10.5 Å². The lowest BCUT2D eigenvalue weighted by Gasteiger charge is -2.20. The molecule has 0 unspecified atom stereocenters. The van der Waals surface area contributed by atoms with E-state index in [1.807, 2.05) is 6.92 Å². The predicted octanol–water partition coefficient (Wildman–Crippen LogP) is 3.78. The molecule has 0 saturated carbocycles. The van der Waals surface area contributed by atoms with Crippen LogP contribution in [-0.2, 0) is 14.9 Å². The highest BCUT2D eigenvalue weighted by atomic mass is 32.2. The average Bonchev–Trinajstić information content (AvgIpc) is 3.20. The van der Waals surface area contributed by atoms with Gasteiger partial charge in [0.1, 0.15) is 10.8 Å². The van der Waals surface area contributed by atoms with Crippen molar-refractivity contribution in [1.29, 1.82) is 5.41 Å². The number of carbonyl (C=O) groups is 1. The normalized spacial score (nSPS) is 16.9. The predicted molar refractivity (Wildman–Crippen MR) is 127 cm³/mol. The molecule has 0 aromatic heterocycles. The monoisotopic (exact) mass is 499 g/mol. The van der Waals surface area contributed by atoms with Gasteiger partial charge in [0.25, 0.3) is 11.6 Å². The zero-order valence-corrected chi connectivity index (χ0v) is 19.3. The van der Waals surface area contributed by atoms with E-state index in [1.54, 1.807) is 0 Å². The number of carbonyl (C=O) groups excluding carboxylic acids is 1. The van der Waals surface area contributed by atoms with Crippen molar-refractivity contribution >= 4 is 55.6 Å². The fraction of sp³-hybridized carbons (Fsp3) is 0.143.